The van der Waals surface area contributed by atoms with Gasteiger partial charge in [0.15, 0.2) is 6.61 Å². The number of anilines is 2. The Morgan fingerprint density at radius 3 is 2.57 bits per heavy atom. The first kappa shape index (κ1) is 24.5. The standard InChI is InChI=1S/C27H31N7O3/c1-17-8-7-9-22(18(17)2)29-26(36)24-19(3)28-27-30-31-32-34(27)25(24)20-10-12-21(13-11-20)37-16-23(35)33-14-5-4-6-15-33/h7-13,25H,4-6,14-16H2,1-3H3,(H,29,36)(H,28,30,32). The molecule has 2 aromatic carbocycles. The second-order valence-electron chi connectivity index (χ2n) is 9.51. The summed E-state index contributed by atoms with van der Waals surface area (Å²) in [6.07, 6.45) is 3.26. The zero-order valence-corrected chi connectivity index (χ0v) is 21.3. The number of carbonyl (C=O) groups is 2. The van der Waals surface area contributed by atoms with E-state index in [1.54, 1.807) is 16.8 Å². The summed E-state index contributed by atoms with van der Waals surface area (Å²) in [6, 6.07) is 12.6. The molecule has 0 bridgehead atoms. The van der Waals surface area contributed by atoms with Crippen molar-refractivity contribution in [2.45, 2.75) is 46.1 Å². The van der Waals surface area contributed by atoms with E-state index >= 15 is 0 Å². The number of benzene rings is 2. The zero-order valence-electron chi connectivity index (χ0n) is 21.3. The normalized spacial score (nSPS) is 17.2. The van der Waals surface area contributed by atoms with Crippen LogP contribution in [0.1, 0.15) is 48.9 Å². The van der Waals surface area contributed by atoms with Crippen molar-refractivity contribution >= 4 is 23.5 Å². The number of aromatic nitrogens is 4. The van der Waals surface area contributed by atoms with Crippen molar-refractivity contribution in [2.24, 2.45) is 0 Å². The summed E-state index contributed by atoms with van der Waals surface area (Å²) in [7, 11) is 0. The molecular weight excluding hydrogens is 470 g/mol. The van der Waals surface area contributed by atoms with Crippen LogP contribution in [0.2, 0.25) is 0 Å². The van der Waals surface area contributed by atoms with Gasteiger partial charge < -0.3 is 20.3 Å². The van der Waals surface area contributed by atoms with Crippen molar-refractivity contribution in [3.8, 4) is 5.75 Å². The lowest BCUT2D eigenvalue weighted by atomic mass is 9.94. The smallest absolute Gasteiger partial charge is 0.260 e. The van der Waals surface area contributed by atoms with Crippen LogP contribution in [0, 0.1) is 13.8 Å². The van der Waals surface area contributed by atoms with Crippen molar-refractivity contribution in [3.63, 3.8) is 0 Å². The Hall–Kier alpha value is -4.21. The first-order valence-electron chi connectivity index (χ1n) is 12.6. The fourth-order valence-corrected chi connectivity index (χ4v) is 4.82. The third kappa shape index (κ3) is 5.04. The lowest BCUT2D eigenvalue weighted by molar-refractivity contribution is -0.134. The molecule has 0 spiro atoms. The molecule has 0 saturated carbocycles. The molecule has 5 rings (SSSR count). The Balaban J connectivity index is 1.37. The SMILES string of the molecule is CC1=C(C(=O)Nc2cccc(C)c2C)C(c2ccc(OCC(=O)N3CCCCC3)cc2)n2nnnc2N1. The predicted molar refractivity (Wildman–Crippen MR) is 139 cm³/mol. The highest BCUT2D eigenvalue weighted by atomic mass is 16.5. The minimum atomic E-state index is -0.541. The number of piperidine rings is 1. The Morgan fingerprint density at radius 2 is 1.81 bits per heavy atom. The lowest BCUT2D eigenvalue weighted by Gasteiger charge is -2.28. The molecule has 2 amide bonds. The van der Waals surface area contributed by atoms with Crippen LogP contribution in [0.15, 0.2) is 53.7 Å². The molecule has 1 fully saturated rings. The quantitative estimate of drug-likeness (QED) is 0.530. The van der Waals surface area contributed by atoms with Crippen molar-refractivity contribution in [3.05, 3.63) is 70.4 Å². The molecule has 3 heterocycles. The molecule has 2 N–H and O–H groups in total. The fraction of sp³-hybridized carbons (Fsp3) is 0.370. The van der Waals surface area contributed by atoms with Crippen LogP contribution in [0.5, 0.6) is 5.75 Å². The highest BCUT2D eigenvalue weighted by Crippen LogP contribution is 2.35. The second kappa shape index (κ2) is 10.4. The van der Waals surface area contributed by atoms with Gasteiger partial charge in [0.05, 0.1) is 5.57 Å². The van der Waals surface area contributed by atoms with E-state index in [1.165, 1.54) is 6.42 Å². The highest BCUT2D eigenvalue weighted by molar-refractivity contribution is 6.06. The highest BCUT2D eigenvalue weighted by Gasteiger charge is 2.34. The zero-order chi connectivity index (χ0) is 25.9. The largest absolute Gasteiger partial charge is 0.484 e. The van der Waals surface area contributed by atoms with E-state index in [2.05, 4.69) is 26.2 Å². The maximum Gasteiger partial charge on any atom is 0.260 e. The summed E-state index contributed by atoms with van der Waals surface area (Å²) in [4.78, 5) is 27.9. The molecule has 1 unspecified atom stereocenters. The van der Waals surface area contributed by atoms with E-state index in [0.29, 0.717) is 23.0 Å². The molecule has 0 aliphatic carbocycles. The van der Waals surface area contributed by atoms with E-state index in [4.69, 9.17) is 4.74 Å². The number of tetrazole rings is 1. The van der Waals surface area contributed by atoms with Gasteiger partial charge in [0.25, 0.3) is 11.8 Å². The number of allylic oxidation sites excluding steroid dienone is 1. The van der Waals surface area contributed by atoms with Gasteiger partial charge in [-0.2, -0.15) is 4.68 Å². The van der Waals surface area contributed by atoms with Crippen molar-refractivity contribution in [2.75, 3.05) is 30.3 Å². The number of rotatable bonds is 6. The monoisotopic (exact) mass is 501 g/mol. The van der Waals surface area contributed by atoms with Crippen LogP contribution < -0.4 is 15.4 Å². The predicted octanol–water partition coefficient (Wildman–Crippen LogP) is 3.61. The molecule has 10 nitrogen and oxygen atoms in total. The molecule has 1 saturated heterocycles. The van der Waals surface area contributed by atoms with Gasteiger partial charge in [-0.25, -0.2) is 0 Å². The summed E-state index contributed by atoms with van der Waals surface area (Å²) in [5, 5.41) is 18.2. The number of likely N-dealkylation sites (tertiary alicyclic amines) is 1. The maximum absolute atomic E-state index is 13.6. The van der Waals surface area contributed by atoms with Crippen LogP contribution in [0.4, 0.5) is 11.6 Å². The van der Waals surface area contributed by atoms with E-state index in [1.807, 2.05) is 56.0 Å². The number of nitrogens with zero attached hydrogens (tertiary/aromatic N) is 5. The summed E-state index contributed by atoms with van der Waals surface area (Å²) >= 11 is 0. The summed E-state index contributed by atoms with van der Waals surface area (Å²) in [5.41, 5.74) is 4.86. The Labute approximate surface area is 215 Å². The molecule has 1 aromatic heterocycles. The molecule has 2 aliphatic rings. The van der Waals surface area contributed by atoms with Crippen molar-refractivity contribution < 1.29 is 14.3 Å². The Morgan fingerprint density at radius 1 is 1.05 bits per heavy atom. The fourth-order valence-electron chi connectivity index (χ4n) is 4.82. The van der Waals surface area contributed by atoms with E-state index in [-0.39, 0.29) is 18.4 Å². The number of nitrogens with one attached hydrogen (secondary N) is 2. The van der Waals surface area contributed by atoms with Crippen LogP contribution in [0.25, 0.3) is 0 Å². The summed E-state index contributed by atoms with van der Waals surface area (Å²) in [6.45, 7) is 7.43. The van der Waals surface area contributed by atoms with E-state index in [0.717, 1.165) is 48.3 Å². The van der Waals surface area contributed by atoms with Crippen molar-refractivity contribution in [1.29, 1.82) is 0 Å². The molecule has 192 valence electrons. The number of aryl methyl sites for hydroxylation is 1. The third-order valence-electron chi connectivity index (χ3n) is 7.08. The van der Waals surface area contributed by atoms with Gasteiger partial charge in [0.2, 0.25) is 5.95 Å². The maximum atomic E-state index is 13.6. The van der Waals surface area contributed by atoms with Gasteiger partial charge in [-0.15, -0.1) is 0 Å². The molecule has 1 atom stereocenters. The van der Waals surface area contributed by atoms with Crippen LogP contribution in [-0.4, -0.2) is 56.6 Å². The average molecular weight is 502 g/mol. The number of amides is 2. The first-order valence-corrected chi connectivity index (χ1v) is 12.6. The number of hydrogen-bond acceptors (Lipinski definition) is 7. The van der Waals surface area contributed by atoms with Crippen LogP contribution >= 0.6 is 0 Å². The van der Waals surface area contributed by atoms with E-state index in [9.17, 15) is 9.59 Å². The third-order valence-corrected chi connectivity index (χ3v) is 7.08. The van der Waals surface area contributed by atoms with E-state index < -0.39 is 6.04 Å². The number of ether oxygens (including phenoxy) is 1. The number of hydrogen-bond donors (Lipinski definition) is 2. The topological polar surface area (TPSA) is 114 Å². The average Bonchev–Trinajstić information content (AvgIpc) is 3.38. The number of fused-ring (bicyclic) bond motifs is 1. The molecule has 2 aliphatic heterocycles. The molecule has 37 heavy (non-hydrogen) atoms. The van der Waals surface area contributed by atoms with Crippen LogP contribution in [0.3, 0.4) is 0 Å². The van der Waals surface area contributed by atoms with Gasteiger partial charge in [-0.05, 0) is 85.3 Å². The van der Waals surface area contributed by atoms with Crippen LogP contribution in [-0.2, 0) is 9.59 Å². The number of carbonyl (C=O) groups excluding carboxylic acids is 2. The first-order chi connectivity index (χ1) is 17.9. The lowest BCUT2D eigenvalue weighted by Crippen LogP contribution is -2.38. The summed E-state index contributed by atoms with van der Waals surface area (Å²) < 4.78 is 7.37. The molecule has 0 radical (unpaired) electrons. The molecule has 10 heteroatoms. The molecule has 3 aromatic rings. The minimum Gasteiger partial charge on any atom is -0.484 e. The Bertz CT molecular complexity index is 1340. The Kier molecular flexibility index (Phi) is 6.89. The van der Waals surface area contributed by atoms with Gasteiger partial charge >= 0.3 is 0 Å². The minimum absolute atomic E-state index is 0.00409. The summed E-state index contributed by atoms with van der Waals surface area (Å²) in [5.74, 6) is 0.807. The molecular formula is C27H31N7O3. The second-order valence-corrected chi connectivity index (χ2v) is 9.51. The van der Waals surface area contributed by atoms with Gasteiger partial charge in [-0.3, -0.25) is 9.59 Å². The van der Waals surface area contributed by atoms with Gasteiger partial charge in [-0.1, -0.05) is 29.4 Å². The van der Waals surface area contributed by atoms with Gasteiger partial charge in [0, 0.05) is 24.5 Å². The van der Waals surface area contributed by atoms with Crippen molar-refractivity contribution in [1.82, 2.24) is 25.1 Å². The van der Waals surface area contributed by atoms with Gasteiger partial charge in [0.1, 0.15) is 11.8 Å².